The molecule has 0 atom stereocenters. The lowest BCUT2D eigenvalue weighted by atomic mass is 10.4. The molecule has 3 nitrogen and oxygen atoms in total. The molecule has 0 aromatic rings. The van der Waals surface area contributed by atoms with E-state index in [0.29, 0.717) is 12.0 Å². The van der Waals surface area contributed by atoms with Crippen molar-refractivity contribution in [2.45, 2.75) is 12.8 Å². The van der Waals surface area contributed by atoms with E-state index in [9.17, 15) is 13.6 Å². The fourth-order valence-electron chi connectivity index (χ4n) is 0.359. The van der Waals surface area contributed by atoms with E-state index >= 15 is 0 Å². The van der Waals surface area contributed by atoms with Crippen molar-refractivity contribution in [3.05, 3.63) is 0 Å². The number of nitrogens with zero attached hydrogens (tertiary/aromatic N) is 1. The first-order valence-electron chi connectivity index (χ1n) is 2.59. The van der Waals surface area contributed by atoms with Crippen LogP contribution in [0.4, 0.5) is 8.78 Å². The van der Waals surface area contributed by atoms with Crippen LogP contribution in [0.15, 0.2) is 0 Å². The van der Waals surface area contributed by atoms with Gasteiger partial charge in [0.25, 0.3) is 0 Å². The van der Waals surface area contributed by atoms with Gasteiger partial charge >= 0.3 is 11.8 Å². The summed E-state index contributed by atoms with van der Waals surface area (Å²) in [6, 6.07) is 0. The van der Waals surface area contributed by atoms with Crippen LogP contribution in [0, 0.1) is 0 Å². The molecule has 5 heteroatoms. The van der Waals surface area contributed by atoms with E-state index in [2.05, 4.69) is 4.84 Å². The maximum atomic E-state index is 12.1. The average Bonchev–Trinajstić information content (AvgIpc) is 1.83. The minimum absolute atomic E-state index is 0.486. The molecule has 0 aromatic heterocycles. The number of hydroxylamine groups is 2. The Labute approximate surface area is 57.5 Å². The minimum Gasteiger partial charge on any atom is -0.274 e. The van der Waals surface area contributed by atoms with E-state index in [1.165, 1.54) is 0 Å². The van der Waals surface area contributed by atoms with Crippen molar-refractivity contribution < 1.29 is 18.4 Å². The number of hydrogen-bond acceptors (Lipinski definition) is 2. The summed E-state index contributed by atoms with van der Waals surface area (Å²) in [5.41, 5.74) is 0. The third kappa shape index (κ3) is 2.26. The lowest BCUT2D eigenvalue weighted by molar-refractivity contribution is -0.191. The summed E-state index contributed by atoms with van der Waals surface area (Å²) >= 11 is 0. The van der Waals surface area contributed by atoms with E-state index in [1.54, 1.807) is 0 Å². The Hall–Kier alpha value is -0.710. The molecule has 0 spiro atoms. The molecule has 60 valence electrons. The molecule has 0 aliphatic rings. The van der Waals surface area contributed by atoms with Crippen LogP contribution in [-0.4, -0.2) is 31.1 Å². The number of carbonyl (C=O) groups is 1. The Kier molecular flexibility index (Phi) is 2.71. The number of hydrogen-bond donors (Lipinski definition) is 0. The van der Waals surface area contributed by atoms with Crippen molar-refractivity contribution in [1.29, 1.82) is 0 Å². The van der Waals surface area contributed by atoms with Gasteiger partial charge in [-0.05, 0) is 0 Å². The standard InChI is InChI=1S/C5H9F2NO2/c1-5(6,7)4(9)8(2)10-3/h1-3H3. The SMILES string of the molecule is CON(C)C(=O)C(C)(F)F. The Morgan fingerprint density at radius 2 is 2.00 bits per heavy atom. The van der Waals surface area contributed by atoms with Crippen LogP contribution in [0.1, 0.15) is 6.92 Å². The summed E-state index contributed by atoms with van der Waals surface area (Å²) in [7, 11) is 2.27. The van der Waals surface area contributed by atoms with E-state index in [0.717, 1.165) is 14.2 Å². The summed E-state index contributed by atoms with van der Waals surface area (Å²) < 4.78 is 24.2. The number of amides is 1. The van der Waals surface area contributed by atoms with Crippen molar-refractivity contribution >= 4 is 5.91 Å². The quantitative estimate of drug-likeness (QED) is 0.545. The normalized spacial score (nSPS) is 11.3. The lowest BCUT2D eigenvalue weighted by Gasteiger charge is -2.17. The smallest absolute Gasteiger partial charge is 0.274 e. The van der Waals surface area contributed by atoms with Gasteiger partial charge in [0.05, 0.1) is 7.11 Å². The fourth-order valence-corrected chi connectivity index (χ4v) is 0.359. The predicted molar refractivity (Wildman–Crippen MR) is 30.4 cm³/mol. The van der Waals surface area contributed by atoms with Gasteiger partial charge in [-0.25, -0.2) is 5.06 Å². The van der Waals surface area contributed by atoms with Crippen molar-refractivity contribution in [2.24, 2.45) is 0 Å². The Morgan fingerprint density at radius 1 is 1.60 bits per heavy atom. The second-order valence-corrected chi connectivity index (χ2v) is 1.87. The molecule has 0 saturated carbocycles. The first kappa shape index (κ1) is 9.29. The molecule has 0 N–H and O–H groups in total. The summed E-state index contributed by atoms with van der Waals surface area (Å²) in [5.74, 6) is -4.71. The molecule has 0 heterocycles. The molecule has 10 heavy (non-hydrogen) atoms. The first-order valence-corrected chi connectivity index (χ1v) is 2.59. The maximum absolute atomic E-state index is 12.1. The van der Waals surface area contributed by atoms with E-state index in [4.69, 9.17) is 0 Å². The van der Waals surface area contributed by atoms with Gasteiger partial charge < -0.3 is 0 Å². The third-order valence-electron chi connectivity index (χ3n) is 0.935. The summed E-state index contributed by atoms with van der Waals surface area (Å²) in [6.45, 7) is 0.519. The van der Waals surface area contributed by atoms with Gasteiger partial charge in [-0.1, -0.05) is 0 Å². The van der Waals surface area contributed by atoms with Gasteiger partial charge in [-0.2, -0.15) is 8.78 Å². The highest BCUT2D eigenvalue weighted by Crippen LogP contribution is 2.14. The maximum Gasteiger partial charge on any atom is 0.324 e. The highest BCUT2D eigenvalue weighted by atomic mass is 19.3. The highest BCUT2D eigenvalue weighted by molar-refractivity contribution is 5.81. The lowest BCUT2D eigenvalue weighted by Crippen LogP contribution is -2.38. The van der Waals surface area contributed by atoms with Crippen LogP contribution >= 0.6 is 0 Å². The van der Waals surface area contributed by atoms with Crippen LogP contribution in [-0.2, 0) is 9.63 Å². The summed E-state index contributed by atoms with van der Waals surface area (Å²) in [6.07, 6.45) is 0. The average molecular weight is 153 g/mol. The van der Waals surface area contributed by atoms with Gasteiger partial charge in [0.1, 0.15) is 0 Å². The van der Waals surface area contributed by atoms with E-state index in [1.807, 2.05) is 0 Å². The molecule has 0 aliphatic carbocycles. The molecule has 0 unspecified atom stereocenters. The number of alkyl halides is 2. The highest BCUT2D eigenvalue weighted by Gasteiger charge is 2.35. The Morgan fingerprint density at radius 3 is 2.10 bits per heavy atom. The van der Waals surface area contributed by atoms with E-state index in [-0.39, 0.29) is 0 Å². The molecule has 0 fully saturated rings. The van der Waals surface area contributed by atoms with Gasteiger partial charge in [0, 0.05) is 14.0 Å². The van der Waals surface area contributed by atoms with Crippen LogP contribution in [0.3, 0.4) is 0 Å². The van der Waals surface area contributed by atoms with Crippen LogP contribution in [0.2, 0.25) is 0 Å². The second kappa shape index (κ2) is 2.92. The zero-order valence-electron chi connectivity index (χ0n) is 6.02. The van der Waals surface area contributed by atoms with Crippen molar-refractivity contribution in [2.75, 3.05) is 14.2 Å². The van der Waals surface area contributed by atoms with Crippen LogP contribution in [0.25, 0.3) is 0 Å². The molecule has 0 aromatic carbocycles. The van der Waals surface area contributed by atoms with E-state index < -0.39 is 11.8 Å². The van der Waals surface area contributed by atoms with Crippen molar-refractivity contribution in [1.82, 2.24) is 5.06 Å². The largest absolute Gasteiger partial charge is 0.324 e. The molecule has 0 saturated heterocycles. The van der Waals surface area contributed by atoms with Crippen LogP contribution in [0.5, 0.6) is 0 Å². The zero-order valence-corrected chi connectivity index (χ0v) is 6.02. The summed E-state index contributed by atoms with van der Waals surface area (Å²) in [4.78, 5) is 14.7. The molecule has 1 amide bonds. The van der Waals surface area contributed by atoms with Crippen molar-refractivity contribution in [3.8, 4) is 0 Å². The number of carbonyl (C=O) groups excluding carboxylic acids is 1. The fraction of sp³-hybridized carbons (Fsp3) is 0.800. The third-order valence-corrected chi connectivity index (χ3v) is 0.935. The Bertz CT molecular complexity index is 132. The zero-order chi connectivity index (χ0) is 8.36. The summed E-state index contributed by atoms with van der Waals surface area (Å²) in [5, 5.41) is 0.486. The van der Waals surface area contributed by atoms with Gasteiger partial charge in [-0.3, -0.25) is 9.63 Å². The monoisotopic (exact) mass is 153 g/mol. The molecule has 0 aliphatic heterocycles. The number of halogens is 2. The molecular weight excluding hydrogens is 144 g/mol. The minimum atomic E-state index is -3.36. The molecule has 0 rings (SSSR count). The van der Waals surface area contributed by atoms with Gasteiger partial charge in [0.2, 0.25) is 0 Å². The van der Waals surface area contributed by atoms with Gasteiger partial charge in [0.15, 0.2) is 0 Å². The second-order valence-electron chi connectivity index (χ2n) is 1.87. The predicted octanol–water partition coefficient (Wildman–Crippen LogP) is 0.661. The van der Waals surface area contributed by atoms with Crippen LogP contribution < -0.4 is 0 Å². The topological polar surface area (TPSA) is 29.5 Å². The first-order chi connectivity index (χ1) is 4.39. The molecular formula is C5H9F2NO2. The molecule has 0 bridgehead atoms. The number of rotatable bonds is 2. The molecule has 0 radical (unpaired) electrons. The van der Waals surface area contributed by atoms with Gasteiger partial charge in [-0.15, -0.1) is 0 Å². The van der Waals surface area contributed by atoms with Crippen molar-refractivity contribution in [3.63, 3.8) is 0 Å². The Balaban J connectivity index is 4.09.